The predicted octanol–water partition coefficient (Wildman–Crippen LogP) is 0.826. The average Bonchev–Trinajstić information content (AvgIpc) is 2.81. The lowest BCUT2D eigenvalue weighted by molar-refractivity contribution is 0.0760. The van der Waals surface area contributed by atoms with Crippen molar-refractivity contribution in [3.8, 4) is 0 Å². The number of pyridine rings is 1. The number of carbonyl (C=O) groups is 1. The van der Waals surface area contributed by atoms with Gasteiger partial charge in [-0.25, -0.2) is 4.98 Å². The van der Waals surface area contributed by atoms with Crippen LogP contribution in [0.4, 0.5) is 5.69 Å². The van der Waals surface area contributed by atoms with E-state index in [1.165, 1.54) is 6.20 Å². The number of hydrogen-bond acceptors (Lipinski definition) is 5. The van der Waals surface area contributed by atoms with Gasteiger partial charge in [-0.2, -0.15) is 0 Å². The third-order valence-electron chi connectivity index (χ3n) is 4.01. The van der Waals surface area contributed by atoms with Crippen LogP contribution in [0, 0.1) is 6.92 Å². The zero-order chi connectivity index (χ0) is 16.2. The molecule has 7 heteroatoms. The van der Waals surface area contributed by atoms with Crippen molar-refractivity contribution in [2.45, 2.75) is 13.3 Å². The Morgan fingerprint density at radius 1 is 1.22 bits per heavy atom. The molecule has 1 amide bonds. The molecule has 7 nitrogen and oxygen atoms in total. The van der Waals surface area contributed by atoms with Crippen molar-refractivity contribution in [2.24, 2.45) is 0 Å². The molecular weight excluding hydrogens is 294 g/mol. The summed E-state index contributed by atoms with van der Waals surface area (Å²) in [5.74, 6) is -0.144. The number of rotatable bonds is 2. The molecule has 1 saturated heterocycles. The first-order valence-electron chi connectivity index (χ1n) is 7.65. The fourth-order valence-electron chi connectivity index (χ4n) is 2.80. The van der Waals surface area contributed by atoms with E-state index in [2.05, 4.69) is 19.9 Å². The van der Waals surface area contributed by atoms with Crippen molar-refractivity contribution >= 4 is 11.6 Å². The molecule has 2 aromatic rings. The van der Waals surface area contributed by atoms with Crippen molar-refractivity contribution in [1.29, 1.82) is 0 Å². The van der Waals surface area contributed by atoms with E-state index in [1.807, 2.05) is 19.2 Å². The largest absolute Gasteiger partial charge is 0.369 e. The molecule has 0 spiro atoms. The monoisotopic (exact) mass is 313 g/mol. The number of carbonyl (C=O) groups excluding carboxylic acids is 1. The quantitative estimate of drug-likeness (QED) is 0.888. The number of nitrogens with zero attached hydrogens (tertiary/aromatic N) is 4. The van der Waals surface area contributed by atoms with Crippen LogP contribution >= 0.6 is 0 Å². The van der Waals surface area contributed by atoms with Crippen LogP contribution in [0.15, 0.2) is 35.6 Å². The summed E-state index contributed by atoms with van der Waals surface area (Å²) < 4.78 is 0. The van der Waals surface area contributed by atoms with Gasteiger partial charge < -0.3 is 14.8 Å². The maximum absolute atomic E-state index is 12.5. The van der Waals surface area contributed by atoms with Gasteiger partial charge in [-0.3, -0.25) is 14.6 Å². The van der Waals surface area contributed by atoms with E-state index in [4.69, 9.17) is 0 Å². The van der Waals surface area contributed by atoms with Crippen LogP contribution in [0.25, 0.3) is 0 Å². The first-order valence-corrected chi connectivity index (χ1v) is 7.65. The molecule has 23 heavy (non-hydrogen) atoms. The molecule has 0 saturated carbocycles. The summed E-state index contributed by atoms with van der Waals surface area (Å²) in [5.41, 5.74) is 2.26. The highest BCUT2D eigenvalue weighted by molar-refractivity contribution is 5.92. The molecule has 1 aliphatic heterocycles. The lowest BCUT2D eigenvalue weighted by atomic mass is 10.2. The highest BCUT2D eigenvalue weighted by Gasteiger charge is 2.22. The van der Waals surface area contributed by atoms with Crippen LogP contribution < -0.4 is 10.5 Å². The van der Waals surface area contributed by atoms with E-state index in [0.29, 0.717) is 13.1 Å². The van der Waals surface area contributed by atoms with E-state index < -0.39 is 0 Å². The van der Waals surface area contributed by atoms with Crippen molar-refractivity contribution in [3.63, 3.8) is 0 Å². The minimum atomic E-state index is -0.309. The number of anilines is 1. The Kier molecular flexibility index (Phi) is 4.36. The molecule has 1 N–H and O–H groups in total. The van der Waals surface area contributed by atoms with Gasteiger partial charge in [0.25, 0.3) is 11.5 Å². The Balaban J connectivity index is 1.71. The maximum atomic E-state index is 12.5. The summed E-state index contributed by atoms with van der Waals surface area (Å²) >= 11 is 0. The molecule has 120 valence electrons. The summed E-state index contributed by atoms with van der Waals surface area (Å²) in [7, 11) is 0. The first-order chi connectivity index (χ1) is 11.1. The van der Waals surface area contributed by atoms with Gasteiger partial charge in [0, 0.05) is 50.5 Å². The zero-order valence-electron chi connectivity index (χ0n) is 13.0. The maximum Gasteiger partial charge on any atom is 0.274 e. The molecule has 0 radical (unpaired) electrons. The summed E-state index contributed by atoms with van der Waals surface area (Å²) in [6, 6.07) is 2.01. The standard InChI is InChI=1S/C16H19N5O2/c1-12-9-17-4-3-14(12)20-5-2-6-21(8-7-20)16(23)13-10-19-15(22)11-18-13/h3-4,9-11H,2,5-8H2,1H3,(H,19,22). The molecule has 0 unspecified atom stereocenters. The van der Waals surface area contributed by atoms with Crippen LogP contribution in [0.1, 0.15) is 22.5 Å². The second kappa shape index (κ2) is 6.60. The van der Waals surface area contributed by atoms with E-state index in [-0.39, 0.29) is 17.2 Å². The SMILES string of the molecule is Cc1cnccc1N1CCCN(C(=O)c2c[nH]c(=O)cn2)CC1. The summed E-state index contributed by atoms with van der Waals surface area (Å²) in [6.45, 7) is 5.01. The Hall–Kier alpha value is -2.70. The molecule has 0 aromatic carbocycles. The molecule has 2 aromatic heterocycles. The van der Waals surface area contributed by atoms with Crippen molar-refractivity contribution in [1.82, 2.24) is 19.9 Å². The minimum absolute atomic E-state index is 0.144. The summed E-state index contributed by atoms with van der Waals surface area (Å²) in [6.07, 6.45) is 7.04. The highest BCUT2D eigenvalue weighted by atomic mass is 16.2. The van der Waals surface area contributed by atoms with Gasteiger partial charge in [0.2, 0.25) is 0 Å². The number of aromatic amines is 1. The van der Waals surface area contributed by atoms with Gasteiger partial charge >= 0.3 is 0 Å². The molecule has 1 aliphatic rings. The fraction of sp³-hybridized carbons (Fsp3) is 0.375. The third-order valence-corrected chi connectivity index (χ3v) is 4.01. The third kappa shape index (κ3) is 3.39. The van der Waals surface area contributed by atoms with E-state index in [0.717, 1.165) is 37.0 Å². The van der Waals surface area contributed by atoms with Crippen molar-refractivity contribution in [3.05, 3.63) is 52.5 Å². The smallest absolute Gasteiger partial charge is 0.274 e. The molecule has 1 fully saturated rings. The van der Waals surface area contributed by atoms with E-state index >= 15 is 0 Å². The molecule has 3 heterocycles. The topological polar surface area (TPSA) is 82.2 Å². The van der Waals surface area contributed by atoms with Gasteiger partial charge in [-0.05, 0) is 25.0 Å². The van der Waals surface area contributed by atoms with Crippen LogP contribution in [-0.4, -0.2) is 51.9 Å². The van der Waals surface area contributed by atoms with Crippen molar-refractivity contribution in [2.75, 3.05) is 31.1 Å². The lowest BCUT2D eigenvalue weighted by Gasteiger charge is -2.24. The van der Waals surface area contributed by atoms with Crippen LogP contribution in [-0.2, 0) is 0 Å². The number of hydrogen-bond donors (Lipinski definition) is 1. The molecule has 0 aliphatic carbocycles. The van der Waals surface area contributed by atoms with Gasteiger partial charge in [0.15, 0.2) is 0 Å². The summed E-state index contributed by atoms with van der Waals surface area (Å²) in [4.78, 5) is 38.1. The van der Waals surface area contributed by atoms with Gasteiger partial charge in [-0.1, -0.05) is 0 Å². The normalized spacial score (nSPS) is 15.3. The second-order valence-electron chi connectivity index (χ2n) is 5.59. The molecule has 3 rings (SSSR count). The number of amides is 1. The number of nitrogens with one attached hydrogen (secondary N) is 1. The molecule has 0 bridgehead atoms. The van der Waals surface area contributed by atoms with Crippen LogP contribution in [0.5, 0.6) is 0 Å². The van der Waals surface area contributed by atoms with Gasteiger partial charge in [0.05, 0.1) is 6.20 Å². The Morgan fingerprint density at radius 2 is 2.09 bits per heavy atom. The first kappa shape index (κ1) is 15.2. The van der Waals surface area contributed by atoms with E-state index in [9.17, 15) is 9.59 Å². The molecular formula is C16H19N5O2. The minimum Gasteiger partial charge on any atom is -0.369 e. The van der Waals surface area contributed by atoms with Crippen molar-refractivity contribution < 1.29 is 4.79 Å². The van der Waals surface area contributed by atoms with Gasteiger partial charge in [0.1, 0.15) is 5.69 Å². The second-order valence-corrected chi connectivity index (χ2v) is 5.59. The van der Waals surface area contributed by atoms with Crippen LogP contribution in [0.3, 0.4) is 0 Å². The molecule has 0 atom stereocenters. The summed E-state index contributed by atoms with van der Waals surface area (Å²) in [5, 5.41) is 0. The number of aromatic nitrogens is 3. The Bertz CT molecular complexity index is 738. The fourth-order valence-corrected chi connectivity index (χ4v) is 2.80. The number of aryl methyl sites for hydroxylation is 1. The highest BCUT2D eigenvalue weighted by Crippen LogP contribution is 2.20. The van der Waals surface area contributed by atoms with E-state index in [1.54, 1.807) is 11.1 Å². The van der Waals surface area contributed by atoms with Gasteiger partial charge in [-0.15, -0.1) is 0 Å². The van der Waals surface area contributed by atoms with Crippen LogP contribution in [0.2, 0.25) is 0 Å². The average molecular weight is 313 g/mol. The zero-order valence-corrected chi connectivity index (χ0v) is 13.0. The Morgan fingerprint density at radius 3 is 2.83 bits per heavy atom. The Labute approximate surface area is 134 Å². The lowest BCUT2D eigenvalue weighted by Crippen LogP contribution is -2.36. The predicted molar refractivity (Wildman–Crippen MR) is 86.6 cm³/mol. The number of H-pyrrole nitrogens is 1.